The maximum Gasteiger partial charge on any atom is 0.404 e. The fraction of sp³-hybridized carbons (Fsp3) is 0.462. The Morgan fingerprint density at radius 1 is 1.44 bits per heavy atom. The first-order valence-corrected chi connectivity index (χ1v) is 6.68. The SMILES string of the molecule is CCCC[C@@H](Cc1ccc(Cl)cc1Cl)OC(N)=O. The van der Waals surface area contributed by atoms with Crippen LogP contribution in [-0.4, -0.2) is 12.2 Å². The van der Waals surface area contributed by atoms with Crippen molar-refractivity contribution in [3.05, 3.63) is 33.8 Å². The van der Waals surface area contributed by atoms with E-state index in [0.29, 0.717) is 16.5 Å². The van der Waals surface area contributed by atoms with Crippen molar-refractivity contribution in [2.75, 3.05) is 0 Å². The third-order valence-corrected chi connectivity index (χ3v) is 3.21. The molecular weight excluding hydrogens is 273 g/mol. The molecular formula is C13H17Cl2NO2. The summed E-state index contributed by atoms with van der Waals surface area (Å²) in [7, 11) is 0. The maximum atomic E-state index is 10.8. The lowest BCUT2D eigenvalue weighted by Gasteiger charge is -2.17. The van der Waals surface area contributed by atoms with Gasteiger partial charge in [-0.05, 0) is 24.1 Å². The second-order valence-corrected chi connectivity index (χ2v) is 4.98. The molecule has 100 valence electrons. The molecule has 3 nitrogen and oxygen atoms in total. The zero-order chi connectivity index (χ0) is 13.5. The first-order chi connectivity index (χ1) is 8.52. The predicted octanol–water partition coefficient (Wildman–Crippen LogP) is 4.19. The molecule has 0 aliphatic rings. The van der Waals surface area contributed by atoms with E-state index >= 15 is 0 Å². The van der Waals surface area contributed by atoms with Gasteiger partial charge in [0.2, 0.25) is 0 Å². The van der Waals surface area contributed by atoms with Crippen LogP contribution >= 0.6 is 23.2 Å². The lowest BCUT2D eigenvalue weighted by Crippen LogP contribution is -2.24. The number of unbranched alkanes of at least 4 members (excludes halogenated alkanes) is 1. The summed E-state index contributed by atoms with van der Waals surface area (Å²) in [5.41, 5.74) is 5.97. The quantitative estimate of drug-likeness (QED) is 0.854. The summed E-state index contributed by atoms with van der Waals surface area (Å²) >= 11 is 11.9. The Kier molecular flexibility index (Phi) is 6.30. The smallest absolute Gasteiger partial charge is 0.404 e. The highest BCUT2D eigenvalue weighted by atomic mass is 35.5. The Labute approximate surface area is 117 Å². The number of rotatable bonds is 6. The highest BCUT2D eigenvalue weighted by molar-refractivity contribution is 6.35. The van der Waals surface area contributed by atoms with E-state index in [1.165, 1.54) is 0 Å². The molecule has 0 aliphatic heterocycles. The molecule has 5 heteroatoms. The number of primary amides is 1. The lowest BCUT2D eigenvalue weighted by atomic mass is 10.0. The van der Waals surface area contributed by atoms with Crippen molar-refractivity contribution in [3.8, 4) is 0 Å². The highest BCUT2D eigenvalue weighted by Crippen LogP contribution is 2.23. The van der Waals surface area contributed by atoms with Gasteiger partial charge in [-0.25, -0.2) is 4.79 Å². The predicted molar refractivity (Wildman–Crippen MR) is 74.1 cm³/mol. The van der Waals surface area contributed by atoms with E-state index in [9.17, 15) is 4.79 Å². The number of hydrogen-bond acceptors (Lipinski definition) is 2. The van der Waals surface area contributed by atoms with Crippen LogP contribution in [-0.2, 0) is 11.2 Å². The Morgan fingerprint density at radius 3 is 2.72 bits per heavy atom. The summed E-state index contributed by atoms with van der Waals surface area (Å²) in [6.07, 6.45) is 2.36. The number of carbonyl (C=O) groups excluding carboxylic acids is 1. The fourth-order valence-electron chi connectivity index (χ4n) is 1.73. The second-order valence-electron chi connectivity index (χ2n) is 4.14. The number of carbonyl (C=O) groups is 1. The molecule has 0 radical (unpaired) electrons. The molecule has 0 saturated carbocycles. The summed E-state index contributed by atoms with van der Waals surface area (Å²) in [4.78, 5) is 10.8. The van der Waals surface area contributed by atoms with Gasteiger partial charge in [-0.2, -0.15) is 0 Å². The van der Waals surface area contributed by atoms with Crippen molar-refractivity contribution in [2.45, 2.75) is 38.7 Å². The van der Waals surface area contributed by atoms with Crippen LogP contribution in [0.5, 0.6) is 0 Å². The topological polar surface area (TPSA) is 52.3 Å². The Bertz CT molecular complexity index is 410. The minimum atomic E-state index is -0.749. The zero-order valence-corrected chi connectivity index (χ0v) is 11.8. The molecule has 0 saturated heterocycles. The lowest BCUT2D eigenvalue weighted by molar-refractivity contribution is 0.0997. The molecule has 0 spiro atoms. The van der Waals surface area contributed by atoms with Crippen LogP contribution in [0.25, 0.3) is 0 Å². The number of nitrogens with two attached hydrogens (primary N) is 1. The highest BCUT2D eigenvalue weighted by Gasteiger charge is 2.14. The van der Waals surface area contributed by atoms with Gasteiger partial charge in [0, 0.05) is 16.5 Å². The first-order valence-electron chi connectivity index (χ1n) is 5.93. The molecule has 1 amide bonds. The molecule has 0 unspecified atom stereocenters. The van der Waals surface area contributed by atoms with Crippen molar-refractivity contribution in [2.24, 2.45) is 5.73 Å². The van der Waals surface area contributed by atoms with Crippen molar-refractivity contribution in [3.63, 3.8) is 0 Å². The molecule has 0 fully saturated rings. The summed E-state index contributed by atoms with van der Waals surface area (Å²) in [5, 5.41) is 1.17. The monoisotopic (exact) mass is 289 g/mol. The third kappa shape index (κ3) is 5.15. The van der Waals surface area contributed by atoms with Gasteiger partial charge in [0.1, 0.15) is 6.10 Å². The average Bonchev–Trinajstić information content (AvgIpc) is 2.29. The van der Waals surface area contributed by atoms with Crippen molar-refractivity contribution < 1.29 is 9.53 Å². The maximum absolute atomic E-state index is 10.8. The molecule has 0 aliphatic carbocycles. The molecule has 1 rings (SSSR count). The second kappa shape index (κ2) is 7.49. The van der Waals surface area contributed by atoms with E-state index in [2.05, 4.69) is 6.92 Å². The van der Waals surface area contributed by atoms with Gasteiger partial charge in [0.15, 0.2) is 0 Å². The first kappa shape index (κ1) is 15.1. The number of ether oxygens (including phenoxy) is 1. The number of hydrogen-bond donors (Lipinski definition) is 1. The van der Waals surface area contributed by atoms with Crippen LogP contribution in [0.2, 0.25) is 10.0 Å². The minimum absolute atomic E-state index is 0.235. The van der Waals surface area contributed by atoms with Crippen LogP contribution < -0.4 is 5.73 Å². The Morgan fingerprint density at radius 2 is 2.17 bits per heavy atom. The van der Waals surface area contributed by atoms with Crippen LogP contribution in [0.3, 0.4) is 0 Å². The summed E-state index contributed by atoms with van der Waals surface area (Å²) in [5.74, 6) is 0. The molecule has 2 N–H and O–H groups in total. The van der Waals surface area contributed by atoms with E-state index < -0.39 is 6.09 Å². The van der Waals surface area contributed by atoms with Crippen LogP contribution in [0.15, 0.2) is 18.2 Å². The number of benzene rings is 1. The molecule has 18 heavy (non-hydrogen) atoms. The van der Waals surface area contributed by atoms with E-state index in [1.807, 2.05) is 6.07 Å². The summed E-state index contributed by atoms with van der Waals surface area (Å²) in [6, 6.07) is 5.29. The third-order valence-electron chi connectivity index (χ3n) is 2.63. The van der Waals surface area contributed by atoms with Gasteiger partial charge in [-0.1, -0.05) is 49.0 Å². The van der Waals surface area contributed by atoms with Crippen LogP contribution in [0.1, 0.15) is 31.7 Å². The largest absolute Gasteiger partial charge is 0.446 e. The molecule has 0 aromatic heterocycles. The zero-order valence-electron chi connectivity index (χ0n) is 10.3. The van der Waals surface area contributed by atoms with Gasteiger partial charge in [0.05, 0.1) is 0 Å². The van der Waals surface area contributed by atoms with Gasteiger partial charge >= 0.3 is 6.09 Å². The average molecular weight is 290 g/mol. The molecule has 1 atom stereocenters. The molecule has 0 heterocycles. The Balaban J connectivity index is 2.71. The summed E-state index contributed by atoms with van der Waals surface area (Å²) < 4.78 is 5.09. The van der Waals surface area contributed by atoms with E-state index in [-0.39, 0.29) is 6.10 Å². The van der Waals surface area contributed by atoms with Gasteiger partial charge in [-0.15, -0.1) is 0 Å². The molecule has 0 bridgehead atoms. The van der Waals surface area contributed by atoms with Gasteiger partial charge < -0.3 is 10.5 Å². The summed E-state index contributed by atoms with van der Waals surface area (Å²) in [6.45, 7) is 2.08. The Hall–Kier alpha value is -0.930. The molecule has 1 aromatic rings. The number of amides is 1. The van der Waals surface area contributed by atoms with Crippen LogP contribution in [0, 0.1) is 0 Å². The minimum Gasteiger partial charge on any atom is -0.446 e. The fourth-order valence-corrected chi connectivity index (χ4v) is 2.22. The van der Waals surface area contributed by atoms with E-state index in [4.69, 9.17) is 33.7 Å². The van der Waals surface area contributed by atoms with E-state index in [0.717, 1.165) is 24.8 Å². The number of halogens is 2. The van der Waals surface area contributed by atoms with Crippen molar-refractivity contribution in [1.82, 2.24) is 0 Å². The van der Waals surface area contributed by atoms with Crippen LogP contribution in [0.4, 0.5) is 4.79 Å². The van der Waals surface area contributed by atoms with Gasteiger partial charge in [0.25, 0.3) is 0 Å². The normalized spacial score (nSPS) is 12.2. The van der Waals surface area contributed by atoms with Crippen molar-refractivity contribution in [1.29, 1.82) is 0 Å². The van der Waals surface area contributed by atoms with E-state index in [1.54, 1.807) is 12.1 Å². The van der Waals surface area contributed by atoms with Gasteiger partial charge in [-0.3, -0.25) is 0 Å². The molecule has 1 aromatic carbocycles. The standard InChI is InChI=1S/C13H17Cl2NO2/c1-2-3-4-11(18-13(16)17)7-9-5-6-10(14)8-12(9)15/h5-6,8,11H,2-4,7H2,1H3,(H2,16,17)/t11-/m0/s1. The van der Waals surface area contributed by atoms with Crippen molar-refractivity contribution >= 4 is 29.3 Å².